The van der Waals surface area contributed by atoms with Crippen molar-refractivity contribution in [2.45, 2.75) is 19.6 Å². The van der Waals surface area contributed by atoms with Gasteiger partial charge < -0.3 is 20.1 Å². The van der Waals surface area contributed by atoms with E-state index in [0.717, 1.165) is 25.1 Å². The molecule has 0 aliphatic heterocycles. The van der Waals surface area contributed by atoms with Crippen molar-refractivity contribution in [1.82, 2.24) is 10.6 Å². The van der Waals surface area contributed by atoms with E-state index in [4.69, 9.17) is 9.47 Å². The van der Waals surface area contributed by atoms with Crippen LogP contribution in [0.15, 0.2) is 42.5 Å². The molecule has 0 fully saturated rings. The van der Waals surface area contributed by atoms with Crippen LogP contribution >= 0.6 is 0 Å². The van der Waals surface area contributed by atoms with Crippen LogP contribution in [-0.2, 0) is 13.2 Å². The van der Waals surface area contributed by atoms with E-state index < -0.39 is 0 Å². The summed E-state index contributed by atoms with van der Waals surface area (Å²) in [5, 5.41) is 6.51. The Balaban J connectivity index is 2.04. The van der Waals surface area contributed by atoms with E-state index in [0.29, 0.717) is 23.6 Å². The Bertz CT molecular complexity index is 635. The van der Waals surface area contributed by atoms with Crippen molar-refractivity contribution >= 4 is 0 Å². The zero-order valence-electron chi connectivity index (χ0n) is 14.3. The molecule has 0 heterocycles. The van der Waals surface area contributed by atoms with Gasteiger partial charge >= 0.3 is 0 Å². The van der Waals surface area contributed by atoms with Crippen LogP contribution in [0.4, 0.5) is 4.39 Å². The molecule has 0 aliphatic carbocycles. The van der Waals surface area contributed by atoms with Gasteiger partial charge in [-0.15, -0.1) is 0 Å². The molecule has 0 aliphatic rings. The summed E-state index contributed by atoms with van der Waals surface area (Å²) in [6, 6.07) is 12.4. The lowest BCUT2D eigenvalue weighted by Crippen LogP contribution is -2.19. The number of hydrogen-bond donors (Lipinski definition) is 2. The third-order valence-electron chi connectivity index (χ3n) is 3.71. The van der Waals surface area contributed by atoms with Gasteiger partial charge in [0, 0.05) is 17.7 Å². The van der Waals surface area contributed by atoms with Crippen molar-refractivity contribution in [3.63, 3.8) is 0 Å². The molecule has 0 unspecified atom stereocenters. The molecule has 0 amide bonds. The van der Waals surface area contributed by atoms with Gasteiger partial charge in [-0.2, -0.15) is 0 Å². The average molecular weight is 332 g/mol. The predicted molar refractivity (Wildman–Crippen MR) is 94.0 cm³/mol. The molecule has 24 heavy (non-hydrogen) atoms. The van der Waals surface area contributed by atoms with Crippen LogP contribution < -0.4 is 20.1 Å². The van der Waals surface area contributed by atoms with Gasteiger partial charge in [-0.05, 0) is 38.7 Å². The minimum absolute atomic E-state index is 0.166. The third kappa shape index (κ3) is 5.22. The first kappa shape index (κ1) is 18.2. The van der Waals surface area contributed by atoms with E-state index in [1.165, 1.54) is 6.07 Å². The monoisotopic (exact) mass is 332 g/mol. The van der Waals surface area contributed by atoms with Crippen LogP contribution in [0.1, 0.15) is 17.5 Å². The molecule has 0 atom stereocenters. The van der Waals surface area contributed by atoms with Gasteiger partial charge in [-0.3, -0.25) is 0 Å². The van der Waals surface area contributed by atoms with Crippen LogP contribution in [0.25, 0.3) is 0 Å². The Labute approximate surface area is 143 Å². The summed E-state index contributed by atoms with van der Waals surface area (Å²) in [5.41, 5.74) is 1.52. The fourth-order valence-electron chi connectivity index (χ4n) is 2.40. The summed E-state index contributed by atoms with van der Waals surface area (Å²) in [7, 11) is 3.55. The molecule has 0 saturated heterocycles. The van der Waals surface area contributed by atoms with Crippen LogP contribution in [0.2, 0.25) is 0 Å². The Hall–Kier alpha value is -2.11. The first-order valence-electron chi connectivity index (χ1n) is 8.13. The fraction of sp³-hybridized carbons (Fsp3) is 0.368. The van der Waals surface area contributed by atoms with Crippen LogP contribution in [-0.4, -0.2) is 27.2 Å². The molecule has 4 nitrogen and oxygen atoms in total. The van der Waals surface area contributed by atoms with Gasteiger partial charge in [-0.1, -0.05) is 30.3 Å². The second kappa shape index (κ2) is 9.90. The number of halogens is 1. The second-order valence-electron chi connectivity index (χ2n) is 5.46. The maximum absolute atomic E-state index is 13.8. The SMILES string of the molecule is CNCCCNCc1cccc(OC)c1OCc1ccccc1F. The number of para-hydroxylation sites is 1. The van der Waals surface area contributed by atoms with Crippen molar-refractivity contribution in [3.05, 3.63) is 59.4 Å². The quantitative estimate of drug-likeness (QED) is 0.656. The highest BCUT2D eigenvalue weighted by molar-refractivity contribution is 5.46. The first-order chi connectivity index (χ1) is 11.8. The molecule has 0 bridgehead atoms. The summed E-state index contributed by atoms with van der Waals surface area (Å²) in [4.78, 5) is 0. The second-order valence-corrected chi connectivity index (χ2v) is 5.46. The van der Waals surface area contributed by atoms with Crippen molar-refractivity contribution in [3.8, 4) is 11.5 Å². The molecule has 2 N–H and O–H groups in total. The molecule has 0 aromatic heterocycles. The Morgan fingerprint density at radius 3 is 2.54 bits per heavy atom. The van der Waals surface area contributed by atoms with Gasteiger partial charge in [0.05, 0.1) is 7.11 Å². The summed E-state index contributed by atoms with van der Waals surface area (Å²) in [5.74, 6) is 1.05. The lowest BCUT2D eigenvalue weighted by molar-refractivity contribution is 0.276. The fourth-order valence-corrected chi connectivity index (χ4v) is 2.40. The Morgan fingerprint density at radius 1 is 1.00 bits per heavy atom. The lowest BCUT2D eigenvalue weighted by Gasteiger charge is -2.16. The van der Waals surface area contributed by atoms with Crippen molar-refractivity contribution in [1.29, 1.82) is 0 Å². The van der Waals surface area contributed by atoms with Crippen molar-refractivity contribution < 1.29 is 13.9 Å². The molecular weight excluding hydrogens is 307 g/mol. The molecule has 0 radical (unpaired) electrons. The smallest absolute Gasteiger partial charge is 0.166 e. The largest absolute Gasteiger partial charge is 0.493 e. The van der Waals surface area contributed by atoms with E-state index in [9.17, 15) is 4.39 Å². The van der Waals surface area contributed by atoms with Gasteiger partial charge in [0.1, 0.15) is 12.4 Å². The number of ether oxygens (including phenoxy) is 2. The minimum Gasteiger partial charge on any atom is -0.493 e. The standard InChI is InChI=1S/C19H25FN2O2/c1-21-11-6-12-22-13-15-8-5-10-18(23-2)19(15)24-14-16-7-3-4-9-17(16)20/h3-5,7-10,21-22H,6,11-14H2,1-2H3. The number of methoxy groups -OCH3 is 1. The number of nitrogens with one attached hydrogen (secondary N) is 2. The minimum atomic E-state index is -0.265. The van der Waals surface area contributed by atoms with Crippen molar-refractivity contribution in [2.75, 3.05) is 27.2 Å². The molecule has 2 aromatic rings. The Morgan fingerprint density at radius 2 is 1.79 bits per heavy atom. The molecule has 2 aromatic carbocycles. The van der Waals surface area contributed by atoms with Gasteiger partial charge in [-0.25, -0.2) is 4.39 Å². The van der Waals surface area contributed by atoms with E-state index >= 15 is 0 Å². The highest BCUT2D eigenvalue weighted by atomic mass is 19.1. The molecule has 0 spiro atoms. The number of rotatable bonds is 10. The maximum Gasteiger partial charge on any atom is 0.166 e. The highest BCUT2D eigenvalue weighted by Gasteiger charge is 2.11. The van der Waals surface area contributed by atoms with Gasteiger partial charge in [0.25, 0.3) is 0 Å². The zero-order chi connectivity index (χ0) is 17.2. The summed E-state index contributed by atoms with van der Waals surface area (Å²) in [6.45, 7) is 2.72. The molecular formula is C19H25FN2O2. The van der Waals surface area contributed by atoms with Crippen LogP contribution in [0, 0.1) is 5.82 Å². The van der Waals surface area contributed by atoms with E-state index in [2.05, 4.69) is 10.6 Å². The lowest BCUT2D eigenvalue weighted by atomic mass is 10.1. The summed E-state index contributed by atoms with van der Waals surface area (Å²) in [6.07, 6.45) is 1.05. The van der Waals surface area contributed by atoms with Gasteiger partial charge in [0.15, 0.2) is 11.5 Å². The summed E-state index contributed by atoms with van der Waals surface area (Å²) >= 11 is 0. The molecule has 2 rings (SSSR count). The Kier molecular flexibility index (Phi) is 7.52. The predicted octanol–water partition coefficient (Wildman–Crippen LogP) is 3.11. The highest BCUT2D eigenvalue weighted by Crippen LogP contribution is 2.32. The molecule has 5 heteroatoms. The average Bonchev–Trinajstić information content (AvgIpc) is 2.61. The number of benzene rings is 2. The first-order valence-corrected chi connectivity index (χ1v) is 8.13. The number of hydrogen-bond acceptors (Lipinski definition) is 4. The van der Waals surface area contributed by atoms with E-state index in [1.54, 1.807) is 25.3 Å². The van der Waals surface area contributed by atoms with Crippen LogP contribution in [0.3, 0.4) is 0 Å². The van der Waals surface area contributed by atoms with Crippen LogP contribution in [0.5, 0.6) is 11.5 Å². The molecule has 0 saturated carbocycles. The summed E-state index contributed by atoms with van der Waals surface area (Å²) < 4.78 is 25.0. The third-order valence-corrected chi connectivity index (χ3v) is 3.71. The van der Waals surface area contributed by atoms with Crippen molar-refractivity contribution in [2.24, 2.45) is 0 Å². The zero-order valence-corrected chi connectivity index (χ0v) is 14.3. The van der Waals surface area contributed by atoms with E-state index in [-0.39, 0.29) is 12.4 Å². The molecule has 130 valence electrons. The van der Waals surface area contributed by atoms with E-state index in [1.807, 2.05) is 25.2 Å². The van der Waals surface area contributed by atoms with Gasteiger partial charge in [0.2, 0.25) is 0 Å². The maximum atomic E-state index is 13.8. The normalized spacial score (nSPS) is 10.6. The topological polar surface area (TPSA) is 42.5 Å².